The van der Waals surface area contributed by atoms with E-state index in [1.165, 1.54) is 41.8 Å². The molecule has 0 saturated carbocycles. The minimum Gasteiger partial charge on any atom is -0.495 e. The number of sulfonamides is 1. The maximum absolute atomic E-state index is 13.4. The van der Waals surface area contributed by atoms with Gasteiger partial charge in [-0.3, -0.25) is 9.10 Å². The standard InChI is InChI=1S/C23H20Cl2N2O4S/c1-3-13-27(17-7-5-4-6-8-17)32(29,30)18-10-11-20(24)19(15-18)23(28)26-16-9-12-22(31-2)21(25)14-16/h3-12,14-15H,1,13H2,2H3,(H,26,28). The highest BCUT2D eigenvalue weighted by Crippen LogP contribution is 2.29. The second-order valence-corrected chi connectivity index (χ2v) is 9.28. The van der Waals surface area contributed by atoms with E-state index in [0.29, 0.717) is 22.1 Å². The fourth-order valence-corrected chi connectivity index (χ4v) is 4.89. The Morgan fingerprint density at radius 3 is 2.41 bits per heavy atom. The first-order valence-electron chi connectivity index (χ1n) is 9.41. The van der Waals surface area contributed by atoms with Crippen molar-refractivity contribution in [3.8, 4) is 5.75 Å². The molecule has 3 aromatic rings. The molecule has 0 spiro atoms. The topological polar surface area (TPSA) is 75.7 Å². The van der Waals surface area contributed by atoms with Gasteiger partial charge in [0.1, 0.15) is 5.75 Å². The minimum absolute atomic E-state index is 0.00583. The van der Waals surface area contributed by atoms with E-state index in [1.54, 1.807) is 42.5 Å². The van der Waals surface area contributed by atoms with Crippen LogP contribution >= 0.6 is 23.2 Å². The van der Waals surface area contributed by atoms with Gasteiger partial charge in [-0.1, -0.05) is 47.5 Å². The molecule has 0 unspecified atom stereocenters. The lowest BCUT2D eigenvalue weighted by molar-refractivity contribution is 0.102. The number of hydrogen-bond donors (Lipinski definition) is 1. The summed E-state index contributed by atoms with van der Waals surface area (Å²) >= 11 is 12.3. The molecule has 3 rings (SSSR count). The molecule has 0 radical (unpaired) electrons. The average molecular weight is 491 g/mol. The van der Waals surface area contributed by atoms with Crippen molar-refractivity contribution in [2.45, 2.75) is 4.90 Å². The summed E-state index contributed by atoms with van der Waals surface area (Å²) in [6.45, 7) is 3.70. The van der Waals surface area contributed by atoms with Crippen molar-refractivity contribution in [3.63, 3.8) is 0 Å². The van der Waals surface area contributed by atoms with Crippen molar-refractivity contribution in [1.82, 2.24) is 0 Å². The second kappa shape index (κ2) is 10.1. The highest BCUT2D eigenvalue weighted by Gasteiger charge is 2.26. The van der Waals surface area contributed by atoms with Gasteiger partial charge in [0.15, 0.2) is 0 Å². The van der Waals surface area contributed by atoms with Crippen LogP contribution in [0.3, 0.4) is 0 Å². The number of hydrogen-bond acceptors (Lipinski definition) is 4. The number of rotatable bonds is 8. The molecule has 0 aliphatic heterocycles. The Kier molecular flexibility index (Phi) is 7.45. The number of carbonyl (C=O) groups is 1. The van der Waals surface area contributed by atoms with Crippen LogP contribution in [0.1, 0.15) is 10.4 Å². The molecule has 32 heavy (non-hydrogen) atoms. The zero-order chi connectivity index (χ0) is 23.3. The van der Waals surface area contributed by atoms with Crippen LogP contribution in [0.2, 0.25) is 10.0 Å². The molecular formula is C23H20Cl2N2O4S. The molecule has 0 fully saturated rings. The molecule has 6 nitrogen and oxygen atoms in total. The largest absolute Gasteiger partial charge is 0.495 e. The van der Waals surface area contributed by atoms with Crippen molar-refractivity contribution >= 4 is 50.5 Å². The number of nitrogens with one attached hydrogen (secondary N) is 1. The molecule has 1 amide bonds. The van der Waals surface area contributed by atoms with Gasteiger partial charge in [-0.25, -0.2) is 8.42 Å². The van der Waals surface area contributed by atoms with Crippen LogP contribution in [0, 0.1) is 0 Å². The molecule has 0 atom stereocenters. The van der Waals surface area contributed by atoms with Crippen molar-refractivity contribution in [2.75, 3.05) is 23.3 Å². The van der Waals surface area contributed by atoms with Gasteiger partial charge in [-0.2, -0.15) is 0 Å². The molecule has 0 aliphatic carbocycles. The molecule has 166 valence electrons. The van der Waals surface area contributed by atoms with Crippen molar-refractivity contribution in [1.29, 1.82) is 0 Å². The number of amides is 1. The van der Waals surface area contributed by atoms with Gasteiger partial charge in [-0.05, 0) is 48.5 Å². The van der Waals surface area contributed by atoms with Crippen molar-refractivity contribution < 1.29 is 17.9 Å². The zero-order valence-electron chi connectivity index (χ0n) is 17.1. The van der Waals surface area contributed by atoms with Crippen LogP contribution in [-0.4, -0.2) is 28.0 Å². The summed E-state index contributed by atoms with van der Waals surface area (Å²) in [5, 5.41) is 3.09. The number of benzene rings is 3. The first-order valence-corrected chi connectivity index (χ1v) is 11.6. The van der Waals surface area contributed by atoms with Gasteiger partial charge in [0.25, 0.3) is 15.9 Å². The Labute approximate surface area is 197 Å². The number of nitrogens with zero attached hydrogens (tertiary/aromatic N) is 1. The van der Waals surface area contributed by atoms with Crippen LogP contribution in [0.15, 0.2) is 84.3 Å². The third-order valence-electron chi connectivity index (χ3n) is 4.52. The first-order chi connectivity index (χ1) is 15.3. The SMILES string of the molecule is C=CCN(c1ccccc1)S(=O)(=O)c1ccc(Cl)c(C(=O)Nc2ccc(OC)c(Cl)c2)c1. The molecule has 1 N–H and O–H groups in total. The monoisotopic (exact) mass is 490 g/mol. The van der Waals surface area contributed by atoms with Crippen molar-refractivity contribution in [3.05, 3.63) is 95.0 Å². The molecule has 0 saturated heterocycles. The summed E-state index contributed by atoms with van der Waals surface area (Å²) in [5.41, 5.74) is 0.884. The van der Waals surface area contributed by atoms with Gasteiger partial charge in [0.2, 0.25) is 0 Å². The highest BCUT2D eigenvalue weighted by atomic mass is 35.5. The lowest BCUT2D eigenvalue weighted by atomic mass is 10.2. The molecule has 3 aromatic carbocycles. The lowest BCUT2D eigenvalue weighted by Crippen LogP contribution is -2.31. The number of carbonyl (C=O) groups excluding carboxylic acids is 1. The fourth-order valence-electron chi connectivity index (χ4n) is 2.96. The van der Waals surface area contributed by atoms with E-state index in [4.69, 9.17) is 27.9 Å². The van der Waals surface area contributed by atoms with Gasteiger partial charge in [0, 0.05) is 5.69 Å². The Bertz CT molecular complexity index is 1250. The van der Waals surface area contributed by atoms with Gasteiger partial charge >= 0.3 is 0 Å². The maximum Gasteiger partial charge on any atom is 0.264 e. The molecule has 9 heteroatoms. The van der Waals surface area contributed by atoms with Crippen LogP contribution < -0.4 is 14.4 Å². The highest BCUT2D eigenvalue weighted by molar-refractivity contribution is 7.92. The van der Waals surface area contributed by atoms with E-state index < -0.39 is 15.9 Å². The van der Waals surface area contributed by atoms with E-state index >= 15 is 0 Å². The van der Waals surface area contributed by atoms with Crippen LogP contribution in [0.25, 0.3) is 0 Å². The number of para-hydroxylation sites is 1. The average Bonchev–Trinajstić information content (AvgIpc) is 2.78. The van der Waals surface area contributed by atoms with E-state index in [-0.39, 0.29) is 22.0 Å². The summed E-state index contributed by atoms with van der Waals surface area (Å²) in [7, 11) is -2.51. The van der Waals surface area contributed by atoms with Crippen LogP contribution in [-0.2, 0) is 10.0 Å². The number of ether oxygens (including phenoxy) is 1. The third-order valence-corrected chi connectivity index (χ3v) is 6.93. The van der Waals surface area contributed by atoms with E-state index in [0.717, 1.165) is 0 Å². The fraction of sp³-hybridized carbons (Fsp3) is 0.0870. The van der Waals surface area contributed by atoms with Gasteiger partial charge in [0.05, 0.1) is 39.8 Å². The normalized spacial score (nSPS) is 11.0. The van der Waals surface area contributed by atoms with E-state index in [2.05, 4.69) is 11.9 Å². The molecule has 0 heterocycles. The van der Waals surface area contributed by atoms with E-state index in [9.17, 15) is 13.2 Å². The number of methoxy groups -OCH3 is 1. The smallest absolute Gasteiger partial charge is 0.264 e. The van der Waals surface area contributed by atoms with Crippen molar-refractivity contribution in [2.24, 2.45) is 0 Å². The van der Waals surface area contributed by atoms with Crippen LogP contribution in [0.5, 0.6) is 5.75 Å². The summed E-state index contributed by atoms with van der Waals surface area (Å²) in [5.74, 6) is -0.123. The molecular weight excluding hydrogens is 471 g/mol. The maximum atomic E-state index is 13.4. The Balaban J connectivity index is 1.95. The Morgan fingerprint density at radius 1 is 1.06 bits per heavy atom. The summed E-state index contributed by atoms with van der Waals surface area (Å²) in [6.07, 6.45) is 1.49. The van der Waals surface area contributed by atoms with Gasteiger partial charge < -0.3 is 10.1 Å². The predicted molar refractivity (Wildman–Crippen MR) is 129 cm³/mol. The Hall–Kier alpha value is -3.00. The molecule has 0 aliphatic rings. The second-order valence-electron chi connectivity index (χ2n) is 6.61. The number of halogens is 2. The van der Waals surface area contributed by atoms with E-state index in [1.807, 2.05) is 0 Å². The minimum atomic E-state index is -3.99. The third kappa shape index (κ3) is 5.07. The lowest BCUT2D eigenvalue weighted by Gasteiger charge is -2.23. The Morgan fingerprint density at radius 2 is 1.78 bits per heavy atom. The summed E-state index contributed by atoms with van der Waals surface area (Å²) in [6, 6.07) is 17.3. The van der Waals surface area contributed by atoms with Gasteiger partial charge in [-0.15, -0.1) is 6.58 Å². The quantitative estimate of drug-likeness (QED) is 0.414. The molecule has 0 bridgehead atoms. The predicted octanol–water partition coefficient (Wildman–Crippen LogP) is 5.64. The number of anilines is 2. The summed E-state index contributed by atoms with van der Waals surface area (Å²) in [4.78, 5) is 12.8. The molecule has 0 aromatic heterocycles. The van der Waals surface area contributed by atoms with Crippen LogP contribution in [0.4, 0.5) is 11.4 Å². The summed E-state index contributed by atoms with van der Waals surface area (Å²) < 4.78 is 33.0. The first kappa shape index (κ1) is 23.7. The zero-order valence-corrected chi connectivity index (χ0v) is 19.4.